The van der Waals surface area contributed by atoms with Gasteiger partial charge in [0.2, 0.25) is 5.91 Å². The van der Waals surface area contributed by atoms with Gasteiger partial charge in [-0.15, -0.1) is 0 Å². The molecular weight excluding hydrogens is 258 g/mol. The van der Waals surface area contributed by atoms with Crippen LogP contribution in [0.4, 0.5) is 11.4 Å². The lowest BCUT2D eigenvalue weighted by Crippen LogP contribution is -2.24. The van der Waals surface area contributed by atoms with Crippen molar-refractivity contribution in [1.29, 1.82) is 0 Å². The molecule has 96 valence electrons. The monoisotopic (exact) mass is 269 g/mol. The van der Waals surface area contributed by atoms with Gasteiger partial charge in [-0.2, -0.15) is 0 Å². The van der Waals surface area contributed by atoms with Crippen molar-refractivity contribution in [2.45, 2.75) is 6.42 Å². The van der Waals surface area contributed by atoms with Gasteiger partial charge in [0.15, 0.2) is 0 Å². The molecule has 1 aliphatic heterocycles. The van der Waals surface area contributed by atoms with E-state index >= 15 is 0 Å². The zero-order valence-electron chi connectivity index (χ0n) is 9.48. The van der Waals surface area contributed by atoms with Gasteiger partial charge in [0.05, 0.1) is 10.8 Å². The summed E-state index contributed by atoms with van der Waals surface area (Å²) in [5.41, 5.74) is 0.305. The highest BCUT2D eigenvalue weighted by Gasteiger charge is 2.22. The molecule has 1 aromatic carbocycles. The highest BCUT2D eigenvalue weighted by Crippen LogP contribution is 2.27. The predicted octanol–water partition coefficient (Wildman–Crippen LogP) is 1.80. The van der Waals surface area contributed by atoms with E-state index in [1.165, 1.54) is 18.2 Å². The number of anilines is 1. The van der Waals surface area contributed by atoms with Crippen LogP contribution in [0.5, 0.6) is 0 Å². The van der Waals surface area contributed by atoms with Gasteiger partial charge >= 0.3 is 0 Å². The molecule has 2 N–H and O–H groups in total. The molecule has 1 saturated heterocycles. The Balaban J connectivity index is 2.07. The third-order valence-electron chi connectivity index (χ3n) is 2.84. The van der Waals surface area contributed by atoms with Crippen LogP contribution in [0, 0.1) is 16.0 Å². The summed E-state index contributed by atoms with van der Waals surface area (Å²) in [5.74, 6) is -0.149. The van der Waals surface area contributed by atoms with Crippen molar-refractivity contribution in [2.24, 2.45) is 5.92 Å². The highest BCUT2D eigenvalue weighted by molar-refractivity contribution is 6.33. The molecule has 1 aliphatic rings. The largest absolute Gasteiger partial charge is 0.326 e. The third kappa shape index (κ3) is 2.77. The topological polar surface area (TPSA) is 84.3 Å². The Labute approximate surface area is 108 Å². The van der Waals surface area contributed by atoms with Gasteiger partial charge in [-0.1, -0.05) is 11.6 Å². The molecule has 0 saturated carbocycles. The second-order valence-electron chi connectivity index (χ2n) is 4.10. The molecule has 0 aromatic heterocycles. The first-order valence-electron chi connectivity index (χ1n) is 5.53. The average molecular weight is 270 g/mol. The minimum atomic E-state index is -0.561. The minimum Gasteiger partial charge on any atom is -0.326 e. The first-order valence-corrected chi connectivity index (χ1v) is 5.91. The van der Waals surface area contributed by atoms with E-state index in [1.807, 2.05) is 0 Å². The van der Waals surface area contributed by atoms with Crippen LogP contribution in [0.3, 0.4) is 0 Å². The first-order chi connectivity index (χ1) is 8.58. The Morgan fingerprint density at radius 1 is 1.56 bits per heavy atom. The summed E-state index contributed by atoms with van der Waals surface area (Å²) in [7, 11) is 0. The maximum Gasteiger partial charge on any atom is 0.288 e. The Morgan fingerprint density at radius 2 is 2.33 bits per heavy atom. The van der Waals surface area contributed by atoms with Gasteiger partial charge < -0.3 is 10.6 Å². The van der Waals surface area contributed by atoms with E-state index in [0.29, 0.717) is 12.2 Å². The lowest BCUT2D eigenvalue weighted by atomic mass is 10.1. The van der Waals surface area contributed by atoms with Crippen molar-refractivity contribution in [3.8, 4) is 0 Å². The molecule has 1 atom stereocenters. The zero-order valence-corrected chi connectivity index (χ0v) is 10.2. The molecule has 0 spiro atoms. The summed E-state index contributed by atoms with van der Waals surface area (Å²) in [6.45, 7) is 1.49. The molecule has 2 rings (SSSR count). The molecule has 1 heterocycles. The quantitative estimate of drug-likeness (QED) is 0.647. The number of amides is 1. The summed E-state index contributed by atoms with van der Waals surface area (Å²) in [4.78, 5) is 21.8. The predicted molar refractivity (Wildman–Crippen MR) is 67.7 cm³/mol. The SMILES string of the molecule is O=C(Nc1ccc([N+](=O)[O-])c(Cl)c1)C1CCNC1. The molecule has 1 amide bonds. The number of halogens is 1. The van der Waals surface area contributed by atoms with Gasteiger partial charge in [-0.05, 0) is 25.1 Å². The van der Waals surface area contributed by atoms with E-state index in [1.54, 1.807) is 0 Å². The van der Waals surface area contributed by atoms with E-state index in [0.717, 1.165) is 13.0 Å². The normalized spacial score (nSPS) is 18.6. The number of carbonyl (C=O) groups is 1. The molecule has 0 radical (unpaired) electrons. The van der Waals surface area contributed by atoms with Crippen LogP contribution < -0.4 is 10.6 Å². The van der Waals surface area contributed by atoms with Gasteiger partial charge in [0.25, 0.3) is 5.69 Å². The van der Waals surface area contributed by atoms with Gasteiger partial charge in [-0.25, -0.2) is 0 Å². The lowest BCUT2D eigenvalue weighted by Gasteiger charge is -2.09. The molecule has 1 aromatic rings. The van der Waals surface area contributed by atoms with Crippen LogP contribution in [-0.2, 0) is 4.79 Å². The van der Waals surface area contributed by atoms with Crippen molar-refractivity contribution < 1.29 is 9.72 Å². The van der Waals surface area contributed by atoms with Crippen LogP contribution in [0.15, 0.2) is 18.2 Å². The van der Waals surface area contributed by atoms with E-state index < -0.39 is 4.92 Å². The number of benzene rings is 1. The number of nitro groups is 1. The fourth-order valence-electron chi connectivity index (χ4n) is 1.86. The van der Waals surface area contributed by atoms with Crippen molar-refractivity contribution >= 4 is 28.9 Å². The van der Waals surface area contributed by atoms with Crippen LogP contribution in [0.2, 0.25) is 5.02 Å². The summed E-state index contributed by atoms with van der Waals surface area (Å²) in [5, 5.41) is 16.4. The number of nitrogens with one attached hydrogen (secondary N) is 2. The second-order valence-corrected chi connectivity index (χ2v) is 4.51. The second kappa shape index (κ2) is 5.32. The fraction of sp³-hybridized carbons (Fsp3) is 0.364. The molecule has 6 nitrogen and oxygen atoms in total. The first kappa shape index (κ1) is 12.8. The van der Waals surface area contributed by atoms with E-state index in [2.05, 4.69) is 10.6 Å². The summed E-state index contributed by atoms with van der Waals surface area (Å²) in [6, 6.07) is 4.15. The Morgan fingerprint density at radius 3 is 2.89 bits per heavy atom. The van der Waals surface area contributed by atoms with Gasteiger partial charge in [0.1, 0.15) is 5.02 Å². The van der Waals surface area contributed by atoms with Crippen molar-refractivity contribution in [2.75, 3.05) is 18.4 Å². The van der Waals surface area contributed by atoms with Crippen molar-refractivity contribution in [1.82, 2.24) is 5.32 Å². The molecular formula is C11H12ClN3O3. The van der Waals surface area contributed by atoms with Crippen molar-refractivity contribution in [3.05, 3.63) is 33.3 Å². The summed E-state index contributed by atoms with van der Waals surface area (Å²) >= 11 is 5.76. The van der Waals surface area contributed by atoms with E-state index in [-0.39, 0.29) is 22.5 Å². The molecule has 1 unspecified atom stereocenters. The summed E-state index contributed by atoms with van der Waals surface area (Å²) < 4.78 is 0. The Hall–Kier alpha value is -1.66. The standard InChI is InChI=1S/C11H12ClN3O3/c12-9-5-8(1-2-10(9)15(17)18)14-11(16)7-3-4-13-6-7/h1-2,5,7,13H,3-4,6H2,(H,14,16). The molecule has 18 heavy (non-hydrogen) atoms. The van der Waals surface area contributed by atoms with Gasteiger partial charge in [0, 0.05) is 18.3 Å². The number of nitrogens with zero attached hydrogens (tertiary/aromatic N) is 1. The number of carbonyl (C=O) groups excluding carboxylic acids is 1. The van der Waals surface area contributed by atoms with E-state index in [4.69, 9.17) is 11.6 Å². The molecule has 1 fully saturated rings. The van der Waals surface area contributed by atoms with Crippen LogP contribution in [0.1, 0.15) is 6.42 Å². The molecule has 0 aliphatic carbocycles. The Bertz CT molecular complexity index is 486. The smallest absolute Gasteiger partial charge is 0.288 e. The average Bonchev–Trinajstić information content (AvgIpc) is 2.81. The fourth-order valence-corrected chi connectivity index (χ4v) is 2.11. The lowest BCUT2D eigenvalue weighted by molar-refractivity contribution is -0.384. The number of hydrogen-bond donors (Lipinski definition) is 2. The maximum absolute atomic E-state index is 11.8. The molecule has 7 heteroatoms. The number of nitro benzene ring substituents is 1. The summed E-state index contributed by atoms with van der Waals surface area (Å²) in [6.07, 6.45) is 0.798. The number of rotatable bonds is 3. The zero-order chi connectivity index (χ0) is 13.1. The minimum absolute atomic E-state index is 0.0161. The third-order valence-corrected chi connectivity index (χ3v) is 3.15. The highest BCUT2D eigenvalue weighted by atomic mass is 35.5. The van der Waals surface area contributed by atoms with Crippen LogP contribution in [-0.4, -0.2) is 23.9 Å². The van der Waals surface area contributed by atoms with Gasteiger partial charge in [-0.3, -0.25) is 14.9 Å². The Kier molecular flexibility index (Phi) is 3.78. The number of hydrogen-bond acceptors (Lipinski definition) is 4. The molecule has 0 bridgehead atoms. The van der Waals surface area contributed by atoms with Crippen molar-refractivity contribution in [3.63, 3.8) is 0 Å². The van der Waals surface area contributed by atoms with Crippen LogP contribution in [0.25, 0.3) is 0 Å². The van der Waals surface area contributed by atoms with Crippen LogP contribution >= 0.6 is 11.6 Å². The van der Waals surface area contributed by atoms with E-state index in [9.17, 15) is 14.9 Å². The maximum atomic E-state index is 11.8.